The number of nitrogens with zero attached hydrogens (tertiary/aromatic N) is 4. The summed E-state index contributed by atoms with van der Waals surface area (Å²) in [4.78, 5) is 31.9. The Morgan fingerprint density at radius 3 is 2.48 bits per heavy atom. The number of thioether (sulfide) groups is 1. The average molecular weight is 391 g/mol. The molecule has 0 bridgehead atoms. The van der Waals surface area contributed by atoms with Crippen molar-refractivity contribution >= 4 is 29.5 Å². The zero-order valence-electron chi connectivity index (χ0n) is 14.7. The largest absolute Gasteiger partial charge is 0.478 e. The Morgan fingerprint density at radius 2 is 1.89 bits per heavy atom. The third kappa shape index (κ3) is 6.54. The maximum absolute atomic E-state index is 9.55. The molecule has 0 amide bonds. The number of hydrogen-bond acceptors (Lipinski definition) is 8. The van der Waals surface area contributed by atoms with Gasteiger partial charge >= 0.3 is 11.9 Å². The lowest BCUT2D eigenvalue weighted by molar-refractivity contribution is -0.134. The molecular formula is C17H21N5O4S. The van der Waals surface area contributed by atoms with Crippen LogP contribution in [0.2, 0.25) is 0 Å². The first-order valence-corrected chi connectivity index (χ1v) is 9.49. The third-order valence-electron chi connectivity index (χ3n) is 3.79. The van der Waals surface area contributed by atoms with Crippen LogP contribution in [0.5, 0.6) is 0 Å². The fraction of sp³-hybridized carbons (Fsp3) is 0.471. The standard InChI is InChI=1S/C13H17N5S.C4H4O4/c14-4-3-11-16-10-2-1-9-19-12(10)13(17-11)18-7-5-15-6-8-18;5-3(6)1-2-4(7)8/h15H,1-3,5-9H2;1-2H,(H,5,6)(H,7,8)/b;2-1-. The highest BCUT2D eigenvalue weighted by molar-refractivity contribution is 7.99. The van der Waals surface area contributed by atoms with Gasteiger partial charge in [0.2, 0.25) is 0 Å². The van der Waals surface area contributed by atoms with Gasteiger partial charge in [0, 0.05) is 38.3 Å². The molecule has 0 spiro atoms. The molecule has 0 unspecified atom stereocenters. The quantitative estimate of drug-likeness (QED) is 0.628. The van der Waals surface area contributed by atoms with Crippen molar-refractivity contribution in [3.8, 4) is 6.07 Å². The first-order valence-electron chi connectivity index (χ1n) is 8.50. The van der Waals surface area contributed by atoms with Crippen molar-refractivity contribution in [2.75, 3.05) is 36.8 Å². The van der Waals surface area contributed by atoms with Gasteiger partial charge in [0.25, 0.3) is 0 Å². The smallest absolute Gasteiger partial charge is 0.328 e. The number of aryl methyl sites for hydroxylation is 1. The van der Waals surface area contributed by atoms with Gasteiger partial charge in [-0.15, -0.1) is 11.8 Å². The van der Waals surface area contributed by atoms with Crippen molar-refractivity contribution in [2.24, 2.45) is 0 Å². The van der Waals surface area contributed by atoms with Crippen LogP contribution in [-0.4, -0.2) is 64.1 Å². The van der Waals surface area contributed by atoms with Gasteiger partial charge in [-0.25, -0.2) is 19.6 Å². The second-order valence-corrected chi connectivity index (χ2v) is 6.88. The van der Waals surface area contributed by atoms with E-state index in [1.165, 1.54) is 11.3 Å². The Labute approximate surface area is 161 Å². The monoisotopic (exact) mass is 391 g/mol. The number of nitrogens with one attached hydrogen (secondary N) is 1. The SMILES string of the molecule is N#CCc1nc2c(c(N3CCNCC3)n1)SCCC2.O=C(O)/C=C\C(=O)O. The van der Waals surface area contributed by atoms with Crippen LogP contribution in [0.15, 0.2) is 17.0 Å². The van der Waals surface area contributed by atoms with Crippen LogP contribution < -0.4 is 10.2 Å². The van der Waals surface area contributed by atoms with E-state index in [4.69, 9.17) is 15.5 Å². The summed E-state index contributed by atoms with van der Waals surface area (Å²) in [5, 5.41) is 27.9. The summed E-state index contributed by atoms with van der Waals surface area (Å²) in [6.07, 6.45) is 3.60. The molecule has 27 heavy (non-hydrogen) atoms. The summed E-state index contributed by atoms with van der Waals surface area (Å²) in [7, 11) is 0. The van der Waals surface area contributed by atoms with Gasteiger partial charge in [-0.05, 0) is 18.6 Å². The highest BCUT2D eigenvalue weighted by Crippen LogP contribution is 2.36. The average Bonchev–Trinajstić information content (AvgIpc) is 2.67. The Bertz CT molecular complexity index is 740. The van der Waals surface area contributed by atoms with Crippen molar-refractivity contribution in [1.82, 2.24) is 15.3 Å². The van der Waals surface area contributed by atoms with E-state index in [0.717, 1.165) is 49.9 Å². The summed E-state index contributed by atoms with van der Waals surface area (Å²) >= 11 is 1.87. The van der Waals surface area contributed by atoms with E-state index in [2.05, 4.69) is 26.3 Å². The summed E-state index contributed by atoms with van der Waals surface area (Å²) in [5.41, 5.74) is 1.14. The molecule has 10 heteroatoms. The number of carbonyl (C=O) groups is 2. The molecule has 2 aliphatic heterocycles. The number of carboxylic acids is 2. The molecule has 1 fully saturated rings. The van der Waals surface area contributed by atoms with Crippen LogP contribution in [0.3, 0.4) is 0 Å². The minimum atomic E-state index is -1.26. The zero-order chi connectivity index (χ0) is 19.6. The third-order valence-corrected chi connectivity index (χ3v) is 4.99. The second kappa shape index (κ2) is 10.5. The fourth-order valence-corrected chi connectivity index (χ4v) is 3.76. The van der Waals surface area contributed by atoms with E-state index in [-0.39, 0.29) is 0 Å². The number of anilines is 1. The summed E-state index contributed by atoms with van der Waals surface area (Å²) in [6, 6.07) is 2.16. The molecule has 9 nitrogen and oxygen atoms in total. The minimum absolute atomic E-state index is 0.303. The van der Waals surface area contributed by atoms with Gasteiger partial charge in [-0.1, -0.05) is 0 Å². The van der Waals surface area contributed by atoms with Crippen LogP contribution in [0.1, 0.15) is 17.9 Å². The first kappa shape index (κ1) is 20.7. The van der Waals surface area contributed by atoms with Gasteiger partial charge in [0.05, 0.1) is 23.1 Å². The van der Waals surface area contributed by atoms with Crippen LogP contribution in [0.25, 0.3) is 0 Å². The Kier molecular flexibility index (Phi) is 8.03. The highest BCUT2D eigenvalue weighted by atomic mass is 32.2. The number of piperazine rings is 1. The molecule has 2 aliphatic rings. The molecular weight excluding hydrogens is 370 g/mol. The van der Waals surface area contributed by atoms with Gasteiger partial charge < -0.3 is 20.4 Å². The van der Waals surface area contributed by atoms with Crippen molar-refractivity contribution in [3.63, 3.8) is 0 Å². The number of hydrogen-bond donors (Lipinski definition) is 3. The van der Waals surface area contributed by atoms with E-state index in [1.807, 2.05) is 11.8 Å². The molecule has 0 aromatic carbocycles. The number of carboxylic acid groups (broad SMARTS) is 2. The lowest BCUT2D eigenvalue weighted by Crippen LogP contribution is -2.44. The first-order chi connectivity index (χ1) is 13.0. The Hall–Kier alpha value is -2.64. The lowest BCUT2D eigenvalue weighted by Gasteiger charge is -2.31. The number of fused-ring (bicyclic) bond motifs is 1. The Balaban J connectivity index is 0.000000279. The van der Waals surface area contributed by atoms with Crippen molar-refractivity contribution < 1.29 is 19.8 Å². The van der Waals surface area contributed by atoms with Crippen LogP contribution in [-0.2, 0) is 22.4 Å². The maximum Gasteiger partial charge on any atom is 0.328 e. The summed E-state index contributed by atoms with van der Waals surface area (Å²) in [6.45, 7) is 3.96. The fourth-order valence-electron chi connectivity index (χ4n) is 2.65. The molecule has 0 radical (unpaired) electrons. The number of nitriles is 1. The second-order valence-electron chi connectivity index (χ2n) is 5.77. The maximum atomic E-state index is 9.55. The highest BCUT2D eigenvalue weighted by Gasteiger charge is 2.23. The van der Waals surface area contributed by atoms with Crippen molar-refractivity contribution in [2.45, 2.75) is 24.2 Å². The molecule has 3 N–H and O–H groups in total. The molecule has 1 aromatic rings. The van der Waals surface area contributed by atoms with E-state index in [0.29, 0.717) is 24.4 Å². The molecule has 3 heterocycles. The van der Waals surface area contributed by atoms with Gasteiger partial charge in [-0.2, -0.15) is 5.26 Å². The predicted molar refractivity (Wildman–Crippen MR) is 99.9 cm³/mol. The summed E-state index contributed by atoms with van der Waals surface area (Å²) < 4.78 is 0. The predicted octanol–water partition coefficient (Wildman–Crippen LogP) is 0.702. The zero-order valence-corrected chi connectivity index (χ0v) is 15.5. The molecule has 1 saturated heterocycles. The number of aromatic nitrogens is 2. The topological polar surface area (TPSA) is 139 Å². The van der Waals surface area contributed by atoms with E-state index in [9.17, 15) is 9.59 Å². The Morgan fingerprint density at radius 1 is 1.22 bits per heavy atom. The normalized spacial score (nSPS) is 16.0. The van der Waals surface area contributed by atoms with Crippen molar-refractivity contribution in [3.05, 3.63) is 23.7 Å². The lowest BCUT2D eigenvalue weighted by atomic mass is 10.2. The van der Waals surface area contributed by atoms with Gasteiger partial charge in [0.15, 0.2) is 0 Å². The van der Waals surface area contributed by atoms with Crippen LogP contribution in [0, 0.1) is 11.3 Å². The van der Waals surface area contributed by atoms with E-state index < -0.39 is 11.9 Å². The van der Waals surface area contributed by atoms with Crippen LogP contribution >= 0.6 is 11.8 Å². The molecule has 0 atom stereocenters. The van der Waals surface area contributed by atoms with Gasteiger partial charge in [-0.3, -0.25) is 0 Å². The molecule has 1 aromatic heterocycles. The summed E-state index contributed by atoms with van der Waals surface area (Å²) in [5.74, 6) is 0.367. The number of aliphatic carboxylic acids is 2. The molecule has 0 saturated carbocycles. The minimum Gasteiger partial charge on any atom is -0.478 e. The molecule has 144 valence electrons. The van der Waals surface area contributed by atoms with E-state index in [1.54, 1.807) is 0 Å². The molecule has 3 rings (SSSR count). The molecule has 0 aliphatic carbocycles. The van der Waals surface area contributed by atoms with Gasteiger partial charge in [0.1, 0.15) is 11.6 Å². The van der Waals surface area contributed by atoms with Crippen molar-refractivity contribution in [1.29, 1.82) is 5.26 Å². The number of rotatable bonds is 4. The van der Waals surface area contributed by atoms with Crippen LogP contribution in [0.4, 0.5) is 5.82 Å². The van der Waals surface area contributed by atoms with E-state index >= 15 is 0 Å².